The first-order valence-corrected chi connectivity index (χ1v) is 9.19. The van der Waals surface area contributed by atoms with Crippen LogP contribution in [0.4, 0.5) is 4.79 Å². The maximum absolute atomic E-state index is 11.8. The van der Waals surface area contributed by atoms with Crippen LogP contribution in [0.5, 0.6) is 5.75 Å². The van der Waals surface area contributed by atoms with Crippen LogP contribution in [0.1, 0.15) is 11.1 Å². The number of hydrogen-bond acceptors (Lipinski definition) is 5. The van der Waals surface area contributed by atoms with Gasteiger partial charge in [-0.05, 0) is 35.9 Å². The minimum Gasteiger partial charge on any atom is -0.488 e. The highest BCUT2D eigenvalue weighted by Crippen LogP contribution is 2.26. The van der Waals surface area contributed by atoms with Crippen LogP contribution in [0.3, 0.4) is 0 Å². The van der Waals surface area contributed by atoms with Gasteiger partial charge in [-0.1, -0.05) is 47.5 Å². The predicted molar refractivity (Wildman–Crippen MR) is 108 cm³/mol. The number of imide groups is 1. The van der Waals surface area contributed by atoms with E-state index in [0.29, 0.717) is 21.4 Å². The van der Waals surface area contributed by atoms with Gasteiger partial charge in [0.1, 0.15) is 18.4 Å². The standard InChI is InChI=1S/C19H15Cl2N3O5/c20-13-3-1-2-11(8-13)10-29-16-7-5-14(21)9-12(16)4-6-15-17(24(27)28)18(25)23-19(26)22-15/h1-9,15,17H,10H2,(H2,22,23,25,26)/b6-4+. The molecule has 1 heterocycles. The quantitative estimate of drug-likeness (QED) is 0.533. The van der Waals surface area contributed by atoms with Crippen molar-refractivity contribution in [2.24, 2.45) is 0 Å². The molecule has 8 nitrogen and oxygen atoms in total. The van der Waals surface area contributed by atoms with E-state index in [2.05, 4.69) is 5.32 Å². The third-order valence-corrected chi connectivity index (χ3v) is 4.58. The van der Waals surface area contributed by atoms with Gasteiger partial charge in [-0.2, -0.15) is 0 Å². The molecule has 0 aromatic heterocycles. The van der Waals surface area contributed by atoms with Gasteiger partial charge in [0.15, 0.2) is 0 Å². The Bertz CT molecular complexity index is 996. The smallest absolute Gasteiger partial charge is 0.322 e. The lowest BCUT2D eigenvalue weighted by Gasteiger charge is -2.23. The molecular formula is C19H15Cl2N3O5. The lowest BCUT2D eigenvalue weighted by molar-refractivity contribution is -0.510. The number of nitrogens with zero attached hydrogens (tertiary/aromatic N) is 1. The third-order valence-electron chi connectivity index (χ3n) is 4.11. The van der Waals surface area contributed by atoms with E-state index < -0.39 is 28.9 Å². The van der Waals surface area contributed by atoms with E-state index >= 15 is 0 Å². The van der Waals surface area contributed by atoms with Crippen molar-refractivity contribution < 1.29 is 19.2 Å². The average Bonchev–Trinajstić information content (AvgIpc) is 2.64. The van der Waals surface area contributed by atoms with Crippen LogP contribution in [0.25, 0.3) is 6.08 Å². The highest BCUT2D eigenvalue weighted by Gasteiger charge is 2.43. The molecule has 0 spiro atoms. The minimum absolute atomic E-state index is 0.239. The zero-order chi connectivity index (χ0) is 21.0. The van der Waals surface area contributed by atoms with Crippen LogP contribution < -0.4 is 15.4 Å². The van der Waals surface area contributed by atoms with E-state index in [1.54, 1.807) is 36.4 Å². The summed E-state index contributed by atoms with van der Waals surface area (Å²) in [6, 6.07) is 8.53. The van der Waals surface area contributed by atoms with Gasteiger partial charge in [-0.25, -0.2) is 4.79 Å². The van der Waals surface area contributed by atoms with E-state index in [4.69, 9.17) is 27.9 Å². The average molecular weight is 436 g/mol. The third kappa shape index (κ3) is 5.24. The molecule has 1 fully saturated rings. The molecule has 0 saturated carbocycles. The Hall–Kier alpha value is -3.10. The topological polar surface area (TPSA) is 111 Å². The second kappa shape index (κ2) is 8.93. The van der Waals surface area contributed by atoms with E-state index in [0.717, 1.165) is 5.56 Å². The van der Waals surface area contributed by atoms with Crippen molar-refractivity contribution in [1.29, 1.82) is 0 Å². The molecule has 2 N–H and O–H groups in total. The highest BCUT2D eigenvalue weighted by atomic mass is 35.5. The Morgan fingerprint density at radius 1 is 1.14 bits per heavy atom. The molecule has 2 aromatic rings. The van der Waals surface area contributed by atoms with E-state index in [-0.39, 0.29) is 6.61 Å². The lowest BCUT2D eigenvalue weighted by atomic mass is 10.0. The predicted octanol–water partition coefficient (Wildman–Crippen LogP) is 3.44. The van der Waals surface area contributed by atoms with Crippen molar-refractivity contribution in [2.75, 3.05) is 0 Å². The second-order valence-corrected chi connectivity index (χ2v) is 7.05. The molecule has 10 heteroatoms. The number of nitro groups is 1. The van der Waals surface area contributed by atoms with Crippen molar-refractivity contribution in [2.45, 2.75) is 18.7 Å². The molecule has 2 aromatic carbocycles. The highest BCUT2D eigenvalue weighted by molar-refractivity contribution is 6.31. The molecule has 29 heavy (non-hydrogen) atoms. The summed E-state index contributed by atoms with van der Waals surface area (Å²) in [4.78, 5) is 33.7. The molecule has 2 atom stereocenters. The maximum atomic E-state index is 11.8. The van der Waals surface area contributed by atoms with Crippen molar-refractivity contribution in [3.05, 3.63) is 79.8 Å². The first-order valence-electron chi connectivity index (χ1n) is 8.43. The van der Waals surface area contributed by atoms with Crippen LogP contribution in [-0.4, -0.2) is 28.9 Å². The number of hydrogen-bond donors (Lipinski definition) is 2. The van der Waals surface area contributed by atoms with Crippen molar-refractivity contribution in [1.82, 2.24) is 10.6 Å². The largest absolute Gasteiger partial charge is 0.488 e. The Morgan fingerprint density at radius 3 is 2.62 bits per heavy atom. The van der Waals surface area contributed by atoms with Crippen molar-refractivity contribution in [3.8, 4) is 5.75 Å². The number of ether oxygens (including phenoxy) is 1. The summed E-state index contributed by atoms with van der Waals surface area (Å²) in [5, 5.41) is 16.5. The number of rotatable bonds is 6. The van der Waals surface area contributed by atoms with Crippen LogP contribution in [-0.2, 0) is 11.4 Å². The summed E-state index contributed by atoms with van der Waals surface area (Å²) < 4.78 is 5.82. The number of urea groups is 1. The van der Waals surface area contributed by atoms with Gasteiger partial charge in [0.25, 0.3) is 0 Å². The number of nitrogens with one attached hydrogen (secondary N) is 2. The van der Waals surface area contributed by atoms with Gasteiger partial charge in [-0.3, -0.25) is 20.2 Å². The van der Waals surface area contributed by atoms with E-state index in [9.17, 15) is 19.7 Å². The molecule has 3 amide bonds. The molecular weight excluding hydrogens is 421 g/mol. The molecule has 3 rings (SSSR count). The SMILES string of the molecule is O=C1NC(=O)C([N+](=O)[O-])C(/C=C/c2cc(Cl)ccc2OCc2cccc(Cl)c2)N1. The fourth-order valence-electron chi connectivity index (χ4n) is 2.77. The van der Waals surface area contributed by atoms with E-state index in [1.807, 2.05) is 11.4 Å². The molecule has 150 valence electrons. The monoisotopic (exact) mass is 435 g/mol. The summed E-state index contributed by atoms with van der Waals surface area (Å²) in [5.41, 5.74) is 1.38. The number of benzene rings is 2. The first-order chi connectivity index (χ1) is 13.8. The minimum atomic E-state index is -1.64. The molecule has 1 aliphatic rings. The van der Waals surface area contributed by atoms with Crippen LogP contribution >= 0.6 is 23.2 Å². The van der Waals surface area contributed by atoms with Gasteiger partial charge < -0.3 is 10.1 Å². The Balaban J connectivity index is 1.82. The number of carbonyl (C=O) groups excluding carboxylic acids is 2. The molecule has 1 aliphatic heterocycles. The lowest BCUT2D eigenvalue weighted by Crippen LogP contribution is -2.62. The van der Waals surface area contributed by atoms with Crippen LogP contribution in [0.2, 0.25) is 10.0 Å². The summed E-state index contributed by atoms with van der Waals surface area (Å²) in [6.07, 6.45) is 2.88. The molecule has 0 aliphatic carbocycles. The maximum Gasteiger partial charge on any atom is 0.322 e. The first kappa shape index (κ1) is 20.6. The summed E-state index contributed by atoms with van der Waals surface area (Å²) >= 11 is 12.0. The van der Waals surface area contributed by atoms with Gasteiger partial charge in [0.2, 0.25) is 0 Å². The normalized spacial score (nSPS) is 19.0. The molecule has 1 saturated heterocycles. The molecule has 2 unspecified atom stereocenters. The van der Waals surface area contributed by atoms with Gasteiger partial charge in [-0.15, -0.1) is 0 Å². The molecule has 0 bridgehead atoms. The van der Waals surface area contributed by atoms with Gasteiger partial charge >= 0.3 is 18.0 Å². The van der Waals surface area contributed by atoms with Crippen molar-refractivity contribution in [3.63, 3.8) is 0 Å². The zero-order valence-corrected chi connectivity index (χ0v) is 16.3. The summed E-state index contributed by atoms with van der Waals surface area (Å²) in [5.74, 6) is -0.508. The summed E-state index contributed by atoms with van der Waals surface area (Å²) in [7, 11) is 0. The number of amides is 3. The van der Waals surface area contributed by atoms with E-state index in [1.165, 1.54) is 12.2 Å². The van der Waals surface area contributed by atoms with Crippen LogP contribution in [0.15, 0.2) is 48.5 Å². The van der Waals surface area contributed by atoms with Gasteiger partial charge in [0.05, 0.1) is 0 Å². The Morgan fingerprint density at radius 2 is 1.90 bits per heavy atom. The fraction of sp³-hybridized carbons (Fsp3) is 0.158. The number of halogens is 2. The summed E-state index contributed by atoms with van der Waals surface area (Å²) in [6.45, 7) is 0.239. The van der Waals surface area contributed by atoms with Gasteiger partial charge in [0, 0.05) is 20.5 Å². The number of carbonyl (C=O) groups is 2. The Labute approximate surface area is 175 Å². The molecule has 0 radical (unpaired) electrons. The fourth-order valence-corrected chi connectivity index (χ4v) is 3.17. The van der Waals surface area contributed by atoms with Crippen molar-refractivity contribution >= 4 is 41.2 Å². The van der Waals surface area contributed by atoms with Crippen LogP contribution in [0, 0.1) is 10.1 Å². The second-order valence-electron chi connectivity index (χ2n) is 6.18. The Kier molecular flexibility index (Phi) is 6.36. The zero-order valence-electron chi connectivity index (χ0n) is 14.8.